The SMILES string of the molecule is CCCn1nncc1C(N)c1csc2ccccc12. The van der Waals surface area contributed by atoms with Crippen LogP contribution in [0.25, 0.3) is 10.1 Å². The predicted molar refractivity (Wildman–Crippen MR) is 78.2 cm³/mol. The Balaban J connectivity index is 2.03. The third kappa shape index (κ3) is 2.15. The number of rotatable bonds is 4. The fourth-order valence-corrected chi connectivity index (χ4v) is 3.29. The molecule has 3 rings (SSSR count). The Bertz CT molecular complexity index is 685. The van der Waals surface area contributed by atoms with E-state index in [1.165, 1.54) is 10.1 Å². The molecule has 0 bridgehead atoms. The monoisotopic (exact) mass is 272 g/mol. The molecule has 1 aromatic carbocycles. The van der Waals surface area contributed by atoms with E-state index in [4.69, 9.17) is 5.73 Å². The molecule has 0 saturated carbocycles. The van der Waals surface area contributed by atoms with Crippen LogP contribution in [-0.4, -0.2) is 15.0 Å². The first-order valence-corrected chi connectivity index (χ1v) is 7.29. The highest BCUT2D eigenvalue weighted by atomic mass is 32.1. The van der Waals surface area contributed by atoms with Crippen LogP contribution in [0.2, 0.25) is 0 Å². The fraction of sp³-hybridized carbons (Fsp3) is 0.286. The summed E-state index contributed by atoms with van der Waals surface area (Å²) in [5.74, 6) is 0. The van der Waals surface area contributed by atoms with E-state index in [0.29, 0.717) is 0 Å². The zero-order chi connectivity index (χ0) is 13.2. The Kier molecular flexibility index (Phi) is 3.31. The van der Waals surface area contributed by atoms with Crippen LogP contribution in [0.1, 0.15) is 30.6 Å². The quantitative estimate of drug-likeness (QED) is 0.794. The molecule has 0 saturated heterocycles. The van der Waals surface area contributed by atoms with Crippen molar-refractivity contribution in [1.82, 2.24) is 15.0 Å². The van der Waals surface area contributed by atoms with E-state index < -0.39 is 0 Å². The lowest BCUT2D eigenvalue weighted by atomic mass is 10.0. The van der Waals surface area contributed by atoms with Gasteiger partial charge in [0.25, 0.3) is 0 Å². The van der Waals surface area contributed by atoms with Crippen molar-refractivity contribution >= 4 is 21.4 Å². The second-order valence-electron chi connectivity index (χ2n) is 4.55. The molecular formula is C14H16N4S. The highest BCUT2D eigenvalue weighted by Gasteiger charge is 2.18. The van der Waals surface area contributed by atoms with Crippen molar-refractivity contribution in [3.8, 4) is 0 Å². The van der Waals surface area contributed by atoms with E-state index in [9.17, 15) is 0 Å². The topological polar surface area (TPSA) is 56.7 Å². The van der Waals surface area contributed by atoms with Gasteiger partial charge in [0, 0.05) is 11.2 Å². The summed E-state index contributed by atoms with van der Waals surface area (Å²) in [6.45, 7) is 2.97. The largest absolute Gasteiger partial charge is 0.319 e. The Morgan fingerprint density at radius 1 is 1.37 bits per heavy atom. The van der Waals surface area contributed by atoms with E-state index >= 15 is 0 Å². The standard InChI is InChI=1S/C14H16N4S/c1-2-7-18-12(8-16-17-18)14(15)11-9-19-13-6-4-3-5-10(11)13/h3-6,8-9,14H,2,7,15H2,1H3. The van der Waals surface area contributed by atoms with Crippen molar-refractivity contribution in [2.24, 2.45) is 5.73 Å². The molecule has 4 nitrogen and oxygen atoms in total. The van der Waals surface area contributed by atoms with Crippen molar-refractivity contribution in [2.75, 3.05) is 0 Å². The first-order valence-electron chi connectivity index (χ1n) is 6.41. The average Bonchev–Trinajstić information content (AvgIpc) is 3.04. The number of aromatic nitrogens is 3. The zero-order valence-corrected chi connectivity index (χ0v) is 11.6. The van der Waals surface area contributed by atoms with Gasteiger partial charge in [-0.2, -0.15) is 0 Å². The summed E-state index contributed by atoms with van der Waals surface area (Å²) >= 11 is 1.73. The minimum Gasteiger partial charge on any atom is -0.319 e. The highest BCUT2D eigenvalue weighted by molar-refractivity contribution is 7.17. The van der Waals surface area contributed by atoms with E-state index in [2.05, 4.69) is 40.8 Å². The van der Waals surface area contributed by atoms with Gasteiger partial charge in [-0.3, -0.25) is 0 Å². The number of nitrogens with two attached hydrogens (primary N) is 1. The van der Waals surface area contributed by atoms with Gasteiger partial charge in [-0.25, -0.2) is 4.68 Å². The number of hydrogen-bond acceptors (Lipinski definition) is 4. The molecule has 0 amide bonds. The molecule has 0 aliphatic heterocycles. The van der Waals surface area contributed by atoms with Gasteiger partial charge < -0.3 is 5.73 Å². The molecule has 0 spiro atoms. The molecule has 2 N–H and O–H groups in total. The van der Waals surface area contributed by atoms with Gasteiger partial charge in [0.05, 0.1) is 17.9 Å². The molecule has 2 heterocycles. The molecule has 0 radical (unpaired) electrons. The lowest BCUT2D eigenvalue weighted by molar-refractivity contribution is 0.544. The summed E-state index contributed by atoms with van der Waals surface area (Å²) < 4.78 is 3.17. The third-order valence-electron chi connectivity index (χ3n) is 3.25. The average molecular weight is 272 g/mol. The summed E-state index contributed by atoms with van der Waals surface area (Å²) in [4.78, 5) is 0. The van der Waals surface area contributed by atoms with Gasteiger partial charge in [0.2, 0.25) is 0 Å². The third-order valence-corrected chi connectivity index (χ3v) is 4.23. The van der Waals surface area contributed by atoms with E-state index in [-0.39, 0.29) is 6.04 Å². The number of nitrogens with zero attached hydrogens (tertiary/aromatic N) is 3. The Labute approximate surface area is 115 Å². The van der Waals surface area contributed by atoms with Crippen LogP contribution < -0.4 is 5.73 Å². The molecular weight excluding hydrogens is 256 g/mol. The maximum Gasteiger partial charge on any atom is 0.0800 e. The van der Waals surface area contributed by atoms with E-state index in [1.54, 1.807) is 17.5 Å². The van der Waals surface area contributed by atoms with E-state index in [1.807, 2.05) is 10.7 Å². The van der Waals surface area contributed by atoms with E-state index in [0.717, 1.165) is 24.2 Å². The summed E-state index contributed by atoms with van der Waals surface area (Å²) in [6, 6.07) is 8.18. The molecule has 2 aromatic heterocycles. The molecule has 0 aliphatic rings. The van der Waals surface area contributed by atoms with Crippen molar-refractivity contribution < 1.29 is 0 Å². The van der Waals surface area contributed by atoms with Crippen LogP contribution >= 0.6 is 11.3 Å². The number of fused-ring (bicyclic) bond motifs is 1. The predicted octanol–water partition coefficient (Wildman–Crippen LogP) is 2.95. The summed E-state index contributed by atoms with van der Waals surface area (Å²) in [5, 5.41) is 11.5. The van der Waals surface area contributed by atoms with Crippen LogP contribution in [0.4, 0.5) is 0 Å². The lowest BCUT2D eigenvalue weighted by Gasteiger charge is -2.12. The van der Waals surface area contributed by atoms with Crippen LogP contribution in [0.15, 0.2) is 35.8 Å². The Morgan fingerprint density at radius 2 is 2.21 bits per heavy atom. The molecule has 0 aliphatic carbocycles. The number of hydrogen-bond donors (Lipinski definition) is 1. The van der Waals surface area contributed by atoms with Gasteiger partial charge in [0.15, 0.2) is 0 Å². The maximum absolute atomic E-state index is 6.41. The van der Waals surface area contributed by atoms with Crippen molar-refractivity contribution in [1.29, 1.82) is 0 Å². The Hall–Kier alpha value is -1.72. The second-order valence-corrected chi connectivity index (χ2v) is 5.46. The summed E-state index contributed by atoms with van der Waals surface area (Å²) in [6.07, 6.45) is 2.79. The van der Waals surface area contributed by atoms with Gasteiger partial charge in [-0.1, -0.05) is 30.3 Å². The van der Waals surface area contributed by atoms with Crippen LogP contribution in [-0.2, 0) is 6.54 Å². The van der Waals surface area contributed by atoms with Crippen molar-refractivity contribution in [2.45, 2.75) is 25.9 Å². The minimum absolute atomic E-state index is 0.169. The minimum atomic E-state index is -0.169. The van der Waals surface area contributed by atoms with Crippen molar-refractivity contribution in [3.05, 3.63) is 47.1 Å². The van der Waals surface area contributed by atoms with Gasteiger partial charge in [-0.05, 0) is 28.8 Å². The van der Waals surface area contributed by atoms with Gasteiger partial charge in [-0.15, -0.1) is 16.4 Å². The normalized spacial score (nSPS) is 12.9. The fourth-order valence-electron chi connectivity index (χ4n) is 2.29. The van der Waals surface area contributed by atoms with Gasteiger partial charge >= 0.3 is 0 Å². The smallest absolute Gasteiger partial charge is 0.0800 e. The number of thiophene rings is 1. The maximum atomic E-state index is 6.41. The summed E-state index contributed by atoms with van der Waals surface area (Å²) in [7, 11) is 0. The molecule has 5 heteroatoms. The molecule has 0 fully saturated rings. The molecule has 19 heavy (non-hydrogen) atoms. The first kappa shape index (κ1) is 12.3. The zero-order valence-electron chi connectivity index (χ0n) is 10.8. The van der Waals surface area contributed by atoms with Crippen molar-refractivity contribution in [3.63, 3.8) is 0 Å². The lowest BCUT2D eigenvalue weighted by Crippen LogP contribution is -2.17. The summed E-state index contributed by atoms with van der Waals surface area (Å²) in [5.41, 5.74) is 8.54. The number of aryl methyl sites for hydroxylation is 1. The molecule has 1 unspecified atom stereocenters. The molecule has 3 aromatic rings. The van der Waals surface area contributed by atoms with Crippen LogP contribution in [0.3, 0.4) is 0 Å². The second kappa shape index (κ2) is 5.11. The highest BCUT2D eigenvalue weighted by Crippen LogP contribution is 2.31. The molecule has 98 valence electrons. The first-order chi connectivity index (χ1) is 9.31. The van der Waals surface area contributed by atoms with Gasteiger partial charge in [0.1, 0.15) is 0 Å². The Morgan fingerprint density at radius 3 is 3.05 bits per heavy atom. The number of benzene rings is 1. The van der Waals surface area contributed by atoms with Crippen LogP contribution in [0, 0.1) is 0 Å². The molecule has 1 atom stereocenters. The van der Waals surface area contributed by atoms with Crippen LogP contribution in [0.5, 0.6) is 0 Å².